The molecule has 2 aromatic carbocycles. The van der Waals surface area contributed by atoms with E-state index in [1.54, 1.807) is 6.07 Å². The Morgan fingerprint density at radius 1 is 1.22 bits per heavy atom. The van der Waals surface area contributed by atoms with Crippen molar-refractivity contribution in [3.8, 4) is 5.75 Å². The molecule has 0 aromatic heterocycles. The molecule has 2 aromatic rings. The average molecular weight is 351 g/mol. The van der Waals surface area contributed by atoms with E-state index in [9.17, 15) is 4.79 Å². The Hall–Kier alpha value is -1.55. The van der Waals surface area contributed by atoms with Crippen molar-refractivity contribution >= 4 is 29.0 Å². The smallest absolute Gasteiger partial charge is 0.175 e. The monoisotopic (exact) mass is 350 g/mol. The highest BCUT2D eigenvalue weighted by atomic mass is 35.5. The van der Waals surface area contributed by atoms with Crippen LogP contribution in [0.4, 0.5) is 0 Å². The van der Waals surface area contributed by atoms with Gasteiger partial charge < -0.3 is 9.84 Å². The van der Waals surface area contributed by atoms with Gasteiger partial charge in [-0.1, -0.05) is 53.5 Å². The van der Waals surface area contributed by atoms with Crippen LogP contribution < -0.4 is 4.74 Å². The quantitative estimate of drug-likeness (QED) is 0.904. The second kappa shape index (κ2) is 6.16. The van der Waals surface area contributed by atoms with E-state index in [0.29, 0.717) is 17.7 Å². The van der Waals surface area contributed by atoms with Gasteiger partial charge in [-0.15, -0.1) is 0 Å². The molecule has 1 atom stereocenters. The predicted octanol–water partition coefficient (Wildman–Crippen LogP) is 4.06. The Morgan fingerprint density at radius 3 is 2.57 bits per heavy atom. The number of hydrogen-bond donors (Lipinski definition) is 1. The van der Waals surface area contributed by atoms with E-state index in [4.69, 9.17) is 33.0 Å². The van der Waals surface area contributed by atoms with Crippen molar-refractivity contribution in [2.45, 2.75) is 18.8 Å². The number of halogens is 2. The highest BCUT2D eigenvalue weighted by Gasteiger charge is 2.45. The number of aliphatic hydroxyl groups excluding tert-OH is 1. The Morgan fingerprint density at radius 2 is 1.91 bits per heavy atom. The first-order chi connectivity index (χ1) is 11.0. The van der Waals surface area contributed by atoms with Crippen LogP contribution in [0.3, 0.4) is 0 Å². The molecule has 1 unspecified atom stereocenters. The molecule has 5 heteroatoms. The van der Waals surface area contributed by atoms with Gasteiger partial charge in [0.05, 0.1) is 17.0 Å². The molecule has 0 bridgehead atoms. The van der Waals surface area contributed by atoms with E-state index in [1.807, 2.05) is 37.3 Å². The minimum absolute atomic E-state index is 0.0284. The van der Waals surface area contributed by atoms with Crippen molar-refractivity contribution in [3.63, 3.8) is 0 Å². The highest BCUT2D eigenvalue weighted by Crippen LogP contribution is 2.47. The Labute approximate surface area is 144 Å². The lowest BCUT2D eigenvalue weighted by Gasteiger charge is -2.22. The van der Waals surface area contributed by atoms with E-state index >= 15 is 0 Å². The van der Waals surface area contributed by atoms with Gasteiger partial charge in [-0.05, 0) is 30.5 Å². The third kappa shape index (κ3) is 2.63. The van der Waals surface area contributed by atoms with Gasteiger partial charge in [-0.3, -0.25) is 4.79 Å². The Kier molecular flexibility index (Phi) is 4.37. The fourth-order valence-corrected chi connectivity index (χ4v) is 3.58. The molecule has 0 fully saturated rings. The summed E-state index contributed by atoms with van der Waals surface area (Å²) in [5, 5.41) is 9.34. The van der Waals surface area contributed by atoms with Crippen LogP contribution in [-0.4, -0.2) is 24.1 Å². The van der Waals surface area contributed by atoms with Crippen LogP contribution >= 0.6 is 23.2 Å². The maximum Gasteiger partial charge on any atom is 0.175 e. The molecule has 0 radical (unpaired) electrons. The minimum atomic E-state index is -0.661. The van der Waals surface area contributed by atoms with E-state index < -0.39 is 5.41 Å². The second-order valence-electron chi connectivity index (χ2n) is 5.81. The molecule has 0 aliphatic heterocycles. The summed E-state index contributed by atoms with van der Waals surface area (Å²) in [4.78, 5) is 13.0. The molecule has 0 heterocycles. The molecule has 1 aliphatic rings. The van der Waals surface area contributed by atoms with E-state index in [2.05, 4.69) is 0 Å². The lowest BCUT2D eigenvalue weighted by Crippen LogP contribution is -2.29. The lowest BCUT2D eigenvalue weighted by molar-refractivity contribution is 0.0915. The van der Waals surface area contributed by atoms with E-state index in [0.717, 1.165) is 11.1 Å². The van der Waals surface area contributed by atoms with Crippen LogP contribution in [0.2, 0.25) is 10.0 Å². The number of fused-ring (bicyclic) bond motifs is 1. The zero-order valence-corrected chi connectivity index (χ0v) is 14.1. The zero-order chi connectivity index (χ0) is 16.6. The summed E-state index contributed by atoms with van der Waals surface area (Å²) < 4.78 is 5.42. The van der Waals surface area contributed by atoms with Crippen molar-refractivity contribution < 1.29 is 14.6 Å². The summed E-state index contributed by atoms with van der Waals surface area (Å²) in [6.45, 7) is 1.92. The Bertz CT molecular complexity index is 759. The van der Waals surface area contributed by atoms with E-state index in [-0.39, 0.29) is 29.0 Å². The topological polar surface area (TPSA) is 46.5 Å². The van der Waals surface area contributed by atoms with Crippen molar-refractivity contribution in [1.82, 2.24) is 0 Å². The average Bonchev–Trinajstić information content (AvgIpc) is 2.82. The molecular formula is C18H16Cl2O3. The van der Waals surface area contributed by atoms with Crippen LogP contribution in [0.15, 0.2) is 36.4 Å². The first-order valence-corrected chi connectivity index (χ1v) is 8.09. The van der Waals surface area contributed by atoms with Gasteiger partial charge in [0.25, 0.3) is 0 Å². The summed E-state index contributed by atoms with van der Waals surface area (Å²) >= 11 is 12.6. The lowest BCUT2D eigenvalue weighted by atomic mass is 9.79. The first kappa shape index (κ1) is 16.3. The SMILES string of the molecule is CC1(c2ccccc2)Cc2cc(OCCO)c(Cl)c(Cl)c2C1=O. The number of aliphatic hydroxyl groups is 1. The first-order valence-electron chi connectivity index (χ1n) is 7.34. The maximum absolute atomic E-state index is 13.0. The fraction of sp³-hybridized carbons (Fsp3) is 0.278. The third-order valence-corrected chi connectivity index (χ3v) is 5.14. The molecule has 0 saturated heterocycles. The number of rotatable bonds is 4. The number of ketones is 1. The molecule has 1 N–H and O–H groups in total. The maximum atomic E-state index is 13.0. The van der Waals surface area contributed by atoms with Gasteiger partial charge in [-0.25, -0.2) is 0 Å². The van der Waals surface area contributed by atoms with Gasteiger partial charge in [0.1, 0.15) is 17.4 Å². The van der Waals surface area contributed by atoms with Gasteiger partial charge in [-0.2, -0.15) is 0 Å². The minimum Gasteiger partial charge on any atom is -0.490 e. The summed E-state index contributed by atoms with van der Waals surface area (Å²) in [7, 11) is 0. The number of carbonyl (C=O) groups excluding carboxylic acids is 1. The number of Topliss-reactive ketones (excluding diaryl/α,β-unsaturated/α-hetero) is 1. The summed E-state index contributed by atoms with van der Waals surface area (Å²) in [6.07, 6.45) is 0.539. The van der Waals surface area contributed by atoms with Gasteiger partial charge in [0.2, 0.25) is 0 Å². The number of ether oxygens (including phenoxy) is 1. The standard InChI is InChI=1S/C18H16Cl2O3/c1-18(12-5-3-2-4-6-12)10-11-9-13(23-8-7-21)15(19)16(20)14(11)17(18)22/h2-6,9,21H,7-8,10H2,1H3. The van der Waals surface area contributed by atoms with Gasteiger partial charge in [0, 0.05) is 5.56 Å². The molecule has 0 spiro atoms. The van der Waals surface area contributed by atoms with Crippen molar-refractivity contribution in [2.75, 3.05) is 13.2 Å². The largest absolute Gasteiger partial charge is 0.490 e. The van der Waals surface area contributed by atoms with E-state index in [1.165, 1.54) is 0 Å². The van der Waals surface area contributed by atoms with Crippen LogP contribution in [0.25, 0.3) is 0 Å². The highest BCUT2D eigenvalue weighted by molar-refractivity contribution is 6.45. The van der Waals surface area contributed by atoms with Crippen LogP contribution in [0, 0.1) is 0 Å². The Balaban J connectivity index is 2.08. The molecule has 0 saturated carbocycles. The second-order valence-corrected chi connectivity index (χ2v) is 6.57. The van der Waals surface area contributed by atoms with Crippen LogP contribution in [0.1, 0.15) is 28.4 Å². The van der Waals surface area contributed by atoms with Crippen LogP contribution in [-0.2, 0) is 11.8 Å². The van der Waals surface area contributed by atoms with Gasteiger partial charge in [0.15, 0.2) is 5.78 Å². The number of carbonyl (C=O) groups is 1. The summed E-state index contributed by atoms with van der Waals surface area (Å²) in [6, 6.07) is 11.4. The predicted molar refractivity (Wildman–Crippen MR) is 90.9 cm³/mol. The zero-order valence-electron chi connectivity index (χ0n) is 12.6. The molecule has 23 heavy (non-hydrogen) atoms. The van der Waals surface area contributed by atoms with Crippen LogP contribution in [0.5, 0.6) is 5.75 Å². The summed E-state index contributed by atoms with van der Waals surface area (Å²) in [5.41, 5.74) is 1.58. The summed E-state index contributed by atoms with van der Waals surface area (Å²) in [5.74, 6) is 0.369. The molecule has 3 nitrogen and oxygen atoms in total. The molecular weight excluding hydrogens is 335 g/mol. The van der Waals surface area contributed by atoms with Crippen molar-refractivity contribution in [2.24, 2.45) is 0 Å². The van der Waals surface area contributed by atoms with Crippen molar-refractivity contribution in [1.29, 1.82) is 0 Å². The number of hydrogen-bond acceptors (Lipinski definition) is 3. The normalized spacial score (nSPS) is 19.7. The fourth-order valence-electron chi connectivity index (χ4n) is 3.07. The third-order valence-electron chi connectivity index (χ3n) is 4.29. The van der Waals surface area contributed by atoms with Gasteiger partial charge >= 0.3 is 0 Å². The molecule has 0 amide bonds. The number of benzene rings is 2. The van der Waals surface area contributed by atoms with Crippen molar-refractivity contribution in [3.05, 3.63) is 63.1 Å². The molecule has 3 rings (SSSR count). The molecule has 120 valence electrons. The molecule has 1 aliphatic carbocycles.